The minimum Gasteiger partial charge on any atom is -0.492 e. The normalized spacial score (nSPS) is 10.7. The lowest BCUT2D eigenvalue weighted by molar-refractivity contribution is 0.0775. The van der Waals surface area contributed by atoms with E-state index < -0.39 is 0 Å². The zero-order valence-electron chi connectivity index (χ0n) is 16.6. The number of carbonyl (C=O) groups is 1. The van der Waals surface area contributed by atoms with Crippen LogP contribution in [0.25, 0.3) is 22.2 Å². The topological polar surface area (TPSA) is 42.4 Å². The molecular weight excluding hydrogens is 396 g/mol. The van der Waals surface area contributed by atoms with Crippen LogP contribution in [-0.4, -0.2) is 36.0 Å². The number of para-hydroxylation sites is 2. The van der Waals surface area contributed by atoms with Crippen LogP contribution in [0.4, 0.5) is 0 Å². The molecule has 5 heteroatoms. The van der Waals surface area contributed by atoms with E-state index in [1.807, 2.05) is 84.9 Å². The van der Waals surface area contributed by atoms with E-state index >= 15 is 0 Å². The number of pyridine rings is 1. The number of nitrogens with zero attached hydrogens (tertiary/aromatic N) is 2. The van der Waals surface area contributed by atoms with Crippen LogP contribution in [0.3, 0.4) is 0 Å². The maximum atomic E-state index is 13.3. The summed E-state index contributed by atoms with van der Waals surface area (Å²) in [5.74, 6) is 0.721. The van der Waals surface area contributed by atoms with Crippen molar-refractivity contribution in [1.29, 1.82) is 0 Å². The molecule has 0 aliphatic carbocycles. The van der Waals surface area contributed by atoms with Crippen molar-refractivity contribution in [2.45, 2.75) is 0 Å². The van der Waals surface area contributed by atoms with Crippen molar-refractivity contribution < 1.29 is 9.53 Å². The predicted molar refractivity (Wildman–Crippen MR) is 121 cm³/mol. The molecule has 4 rings (SSSR count). The zero-order chi connectivity index (χ0) is 20.9. The molecule has 1 amide bonds. The van der Waals surface area contributed by atoms with Gasteiger partial charge in [-0.05, 0) is 36.4 Å². The molecule has 3 aromatic carbocycles. The van der Waals surface area contributed by atoms with Crippen LogP contribution in [-0.2, 0) is 0 Å². The van der Waals surface area contributed by atoms with Crippen LogP contribution in [0, 0.1) is 0 Å². The number of halogens is 1. The largest absolute Gasteiger partial charge is 0.492 e. The molecule has 30 heavy (non-hydrogen) atoms. The fourth-order valence-corrected chi connectivity index (χ4v) is 3.37. The van der Waals surface area contributed by atoms with Gasteiger partial charge in [-0.1, -0.05) is 60.1 Å². The van der Waals surface area contributed by atoms with E-state index in [0.717, 1.165) is 27.9 Å². The number of rotatable bonds is 6. The second-order valence-electron chi connectivity index (χ2n) is 6.97. The molecule has 1 heterocycles. The number of benzene rings is 3. The molecule has 1 aromatic heterocycles. The van der Waals surface area contributed by atoms with Gasteiger partial charge in [-0.25, -0.2) is 4.98 Å². The number of fused-ring (bicyclic) bond motifs is 1. The Bertz CT molecular complexity index is 1160. The Kier molecular flexibility index (Phi) is 5.96. The summed E-state index contributed by atoms with van der Waals surface area (Å²) in [6.45, 7) is 0.889. The van der Waals surface area contributed by atoms with Crippen LogP contribution >= 0.6 is 11.6 Å². The van der Waals surface area contributed by atoms with Crippen LogP contribution in [0.15, 0.2) is 84.9 Å². The van der Waals surface area contributed by atoms with Crippen molar-refractivity contribution >= 4 is 28.4 Å². The fraction of sp³-hybridized carbons (Fsp3) is 0.120. The molecule has 0 radical (unpaired) electrons. The Morgan fingerprint density at radius 3 is 2.43 bits per heavy atom. The minimum atomic E-state index is -0.0690. The zero-order valence-corrected chi connectivity index (χ0v) is 17.3. The van der Waals surface area contributed by atoms with E-state index in [0.29, 0.717) is 23.7 Å². The SMILES string of the molecule is CN(CCOc1ccccc1)C(=O)c1cc(-c2ccc(Cl)cc2)nc2ccccc12. The Labute approximate surface area is 180 Å². The number of aromatic nitrogens is 1. The maximum Gasteiger partial charge on any atom is 0.254 e. The van der Waals surface area contributed by atoms with Crippen LogP contribution < -0.4 is 4.74 Å². The number of hydrogen-bond acceptors (Lipinski definition) is 3. The van der Waals surface area contributed by atoms with Gasteiger partial charge >= 0.3 is 0 Å². The number of hydrogen-bond donors (Lipinski definition) is 0. The average Bonchev–Trinajstić information content (AvgIpc) is 2.79. The number of likely N-dealkylation sites (N-methyl/N-ethyl adjacent to an activating group) is 1. The highest BCUT2D eigenvalue weighted by molar-refractivity contribution is 6.30. The van der Waals surface area contributed by atoms with Crippen molar-refractivity contribution in [3.8, 4) is 17.0 Å². The third-order valence-electron chi connectivity index (χ3n) is 4.87. The van der Waals surface area contributed by atoms with Crippen LogP contribution in [0.1, 0.15) is 10.4 Å². The van der Waals surface area contributed by atoms with Gasteiger partial charge in [0.1, 0.15) is 12.4 Å². The second-order valence-corrected chi connectivity index (χ2v) is 7.40. The first-order chi connectivity index (χ1) is 14.6. The van der Waals surface area contributed by atoms with Gasteiger partial charge in [-0.3, -0.25) is 4.79 Å². The van der Waals surface area contributed by atoms with Gasteiger partial charge in [-0.15, -0.1) is 0 Å². The van der Waals surface area contributed by atoms with Gasteiger partial charge in [0, 0.05) is 23.0 Å². The third kappa shape index (κ3) is 4.44. The Hall–Kier alpha value is -3.37. The second kappa shape index (κ2) is 8.97. The summed E-state index contributed by atoms with van der Waals surface area (Å²) in [5, 5.41) is 1.49. The summed E-state index contributed by atoms with van der Waals surface area (Å²) < 4.78 is 5.74. The van der Waals surface area contributed by atoms with Crippen molar-refractivity contribution in [3.05, 3.63) is 95.5 Å². The van der Waals surface area contributed by atoms with E-state index in [1.165, 1.54) is 0 Å². The van der Waals surface area contributed by atoms with Crippen molar-refractivity contribution in [3.63, 3.8) is 0 Å². The Morgan fingerprint density at radius 2 is 1.67 bits per heavy atom. The molecule has 0 aliphatic heterocycles. The number of carbonyl (C=O) groups excluding carboxylic acids is 1. The van der Waals surface area contributed by atoms with Gasteiger partial charge in [-0.2, -0.15) is 0 Å². The molecule has 0 saturated carbocycles. The smallest absolute Gasteiger partial charge is 0.254 e. The quantitative estimate of drug-likeness (QED) is 0.404. The summed E-state index contributed by atoms with van der Waals surface area (Å²) in [7, 11) is 1.79. The van der Waals surface area contributed by atoms with Crippen molar-refractivity contribution in [2.24, 2.45) is 0 Å². The van der Waals surface area contributed by atoms with E-state index in [2.05, 4.69) is 0 Å². The molecule has 0 spiro atoms. The van der Waals surface area contributed by atoms with Gasteiger partial charge in [0.2, 0.25) is 0 Å². The Morgan fingerprint density at radius 1 is 0.967 bits per heavy atom. The van der Waals surface area contributed by atoms with E-state index in [9.17, 15) is 4.79 Å². The molecule has 0 saturated heterocycles. The van der Waals surface area contributed by atoms with Crippen LogP contribution in [0.2, 0.25) is 5.02 Å². The van der Waals surface area contributed by atoms with Gasteiger partial charge in [0.15, 0.2) is 0 Å². The summed E-state index contributed by atoms with van der Waals surface area (Å²) in [5.41, 5.74) is 3.05. The minimum absolute atomic E-state index is 0.0690. The molecule has 0 aliphatic rings. The summed E-state index contributed by atoms with van der Waals surface area (Å²) >= 11 is 6.02. The van der Waals surface area contributed by atoms with E-state index in [4.69, 9.17) is 21.3 Å². The average molecular weight is 417 g/mol. The van der Waals surface area contributed by atoms with E-state index in [1.54, 1.807) is 11.9 Å². The highest BCUT2D eigenvalue weighted by atomic mass is 35.5. The molecule has 0 unspecified atom stereocenters. The third-order valence-corrected chi connectivity index (χ3v) is 5.12. The molecule has 0 N–H and O–H groups in total. The van der Waals surface area contributed by atoms with E-state index in [-0.39, 0.29) is 5.91 Å². The number of amides is 1. The molecule has 4 nitrogen and oxygen atoms in total. The highest BCUT2D eigenvalue weighted by Crippen LogP contribution is 2.26. The lowest BCUT2D eigenvalue weighted by Gasteiger charge is -2.19. The fourth-order valence-electron chi connectivity index (χ4n) is 3.25. The van der Waals surface area contributed by atoms with Gasteiger partial charge in [0.05, 0.1) is 23.3 Å². The predicted octanol–water partition coefficient (Wildman–Crippen LogP) is 5.71. The Balaban J connectivity index is 1.59. The molecule has 0 bridgehead atoms. The monoisotopic (exact) mass is 416 g/mol. The standard InChI is InChI=1S/C25H21ClN2O2/c1-28(15-16-30-20-7-3-2-4-8-20)25(29)22-17-24(18-11-13-19(26)14-12-18)27-23-10-6-5-9-21(22)23/h2-14,17H,15-16H2,1H3. The maximum absolute atomic E-state index is 13.3. The number of ether oxygens (including phenoxy) is 1. The molecular formula is C25H21ClN2O2. The first-order valence-electron chi connectivity index (χ1n) is 9.71. The van der Waals surface area contributed by atoms with Crippen molar-refractivity contribution in [1.82, 2.24) is 9.88 Å². The first-order valence-corrected chi connectivity index (χ1v) is 10.1. The molecule has 0 fully saturated rings. The van der Waals surface area contributed by atoms with Gasteiger partial charge in [0.25, 0.3) is 5.91 Å². The molecule has 150 valence electrons. The lowest BCUT2D eigenvalue weighted by Crippen LogP contribution is -2.31. The lowest BCUT2D eigenvalue weighted by atomic mass is 10.0. The molecule has 0 atom stereocenters. The summed E-state index contributed by atoms with van der Waals surface area (Å²) in [4.78, 5) is 19.7. The first kappa shape index (κ1) is 19.9. The highest BCUT2D eigenvalue weighted by Gasteiger charge is 2.17. The van der Waals surface area contributed by atoms with Crippen molar-refractivity contribution in [2.75, 3.05) is 20.2 Å². The summed E-state index contributed by atoms with van der Waals surface area (Å²) in [6, 6.07) is 26.6. The van der Waals surface area contributed by atoms with Gasteiger partial charge < -0.3 is 9.64 Å². The van der Waals surface area contributed by atoms with Crippen LogP contribution in [0.5, 0.6) is 5.75 Å². The molecule has 4 aromatic rings. The summed E-state index contributed by atoms with van der Waals surface area (Å²) in [6.07, 6.45) is 0.